The molecule has 0 amide bonds. The van der Waals surface area contributed by atoms with Crippen molar-refractivity contribution >= 4 is 11.4 Å². The topological polar surface area (TPSA) is 31.8 Å². The Morgan fingerprint density at radius 2 is 0.958 bits per heavy atom. The van der Waals surface area contributed by atoms with Crippen LogP contribution in [0.2, 0.25) is 0 Å². The van der Waals surface area contributed by atoms with Crippen LogP contribution in [0.5, 0.6) is 0 Å². The molecule has 4 aliphatic heterocycles. The van der Waals surface area contributed by atoms with E-state index in [1.807, 2.05) is 0 Å². The molecule has 24 heavy (non-hydrogen) atoms. The minimum absolute atomic E-state index is 1.05. The summed E-state index contributed by atoms with van der Waals surface area (Å²) in [7, 11) is 0. The standard InChI is InChI=1S/C20H28N4/c1-3-11-21-19-7-15-23(16-8-19)13-5-2-6-14-24-17-9-20(10-18-24)22-12-4-1/h7-10,15-18H,1-6,11-14H2/p+2. The Balaban J connectivity index is 1.56. The smallest absolute Gasteiger partial charge is 0.170 e. The van der Waals surface area contributed by atoms with Gasteiger partial charge in [0.2, 0.25) is 0 Å². The van der Waals surface area contributed by atoms with Crippen molar-refractivity contribution in [3.63, 3.8) is 0 Å². The number of nitrogens with zero attached hydrogens (tertiary/aromatic N) is 2. The molecule has 4 heteroatoms. The Morgan fingerprint density at radius 1 is 0.542 bits per heavy atom. The normalized spacial score (nSPS) is 17.0. The van der Waals surface area contributed by atoms with Crippen molar-refractivity contribution < 1.29 is 9.13 Å². The van der Waals surface area contributed by atoms with E-state index in [0.29, 0.717) is 0 Å². The lowest BCUT2D eigenvalue weighted by atomic mass is 10.2. The highest BCUT2D eigenvalue weighted by molar-refractivity contribution is 5.40. The van der Waals surface area contributed by atoms with Gasteiger partial charge in [0, 0.05) is 61.6 Å². The van der Waals surface area contributed by atoms with Gasteiger partial charge in [-0.05, 0) is 25.7 Å². The first kappa shape index (κ1) is 16.7. The van der Waals surface area contributed by atoms with Gasteiger partial charge in [-0.15, -0.1) is 0 Å². The van der Waals surface area contributed by atoms with E-state index in [1.54, 1.807) is 0 Å². The van der Waals surface area contributed by atoms with Crippen molar-refractivity contribution in [2.24, 2.45) is 0 Å². The average molecular weight is 326 g/mol. The van der Waals surface area contributed by atoms with E-state index in [0.717, 1.165) is 26.2 Å². The third-order valence-corrected chi connectivity index (χ3v) is 4.63. The second-order valence-corrected chi connectivity index (χ2v) is 6.62. The van der Waals surface area contributed by atoms with E-state index in [4.69, 9.17) is 0 Å². The Hall–Kier alpha value is -2.10. The van der Waals surface area contributed by atoms with Gasteiger partial charge in [0.1, 0.15) is 13.1 Å². The van der Waals surface area contributed by atoms with Gasteiger partial charge in [0.05, 0.1) is 0 Å². The highest BCUT2D eigenvalue weighted by Gasteiger charge is 2.04. The molecule has 0 saturated heterocycles. The first-order valence-corrected chi connectivity index (χ1v) is 9.36. The maximum Gasteiger partial charge on any atom is 0.170 e. The third-order valence-electron chi connectivity index (χ3n) is 4.63. The molecule has 0 unspecified atom stereocenters. The predicted molar refractivity (Wildman–Crippen MR) is 98.0 cm³/mol. The number of rotatable bonds is 0. The second-order valence-electron chi connectivity index (χ2n) is 6.62. The zero-order valence-electron chi connectivity index (χ0n) is 14.6. The molecule has 6 heterocycles. The number of hydrogen-bond donors (Lipinski definition) is 2. The van der Waals surface area contributed by atoms with Gasteiger partial charge in [0.15, 0.2) is 24.8 Å². The van der Waals surface area contributed by atoms with Gasteiger partial charge >= 0.3 is 0 Å². The molecule has 0 fully saturated rings. The van der Waals surface area contributed by atoms with Gasteiger partial charge < -0.3 is 10.6 Å². The molecule has 0 aliphatic carbocycles. The fraction of sp³-hybridized carbons (Fsp3) is 0.500. The lowest BCUT2D eigenvalue weighted by Gasteiger charge is -2.08. The summed E-state index contributed by atoms with van der Waals surface area (Å²) in [5, 5.41) is 7.04. The monoisotopic (exact) mass is 326 g/mol. The molecule has 2 aromatic heterocycles. The van der Waals surface area contributed by atoms with Gasteiger partial charge in [-0.3, -0.25) is 0 Å². The van der Waals surface area contributed by atoms with Gasteiger partial charge in [-0.25, -0.2) is 9.13 Å². The molecule has 4 bridgehead atoms. The quantitative estimate of drug-likeness (QED) is 0.729. The van der Waals surface area contributed by atoms with E-state index in [2.05, 4.69) is 68.8 Å². The van der Waals surface area contributed by atoms with Crippen LogP contribution in [0.1, 0.15) is 38.5 Å². The summed E-state index contributed by atoms with van der Waals surface area (Å²) in [6.45, 7) is 4.31. The number of anilines is 2. The molecule has 6 rings (SSSR count). The minimum atomic E-state index is 1.05. The van der Waals surface area contributed by atoms with Crippen molar-refractivity contribution in [2.75, 3.05) is 23.7 Å². The molecule has 128 valence electrons. The van der Waals surface area contributed by atoms with Gasteiger partial charge in [-0.2, -0.15) is 0 Å². The molecule has 0 saturated carbocycles. The van der Waals surface area contributed by atoms with E-state index in [1.165, 1.54) is 49.9 Å². The van der Waals surface area contributed by atoms with Gasteiger partial charge in [0.25, 0.3) is 0 Å². The van der Waals surface area contributed by atoms with Crippen molar-refractivity contribution in [3.05, 3.63) is 49.1 Å². The number of hydrogen-bond acceptors (Lipinski definition) is 2. The van der Waals surface area contributed by atoms with Crippen LogP contribution in [0.25, 0.3) is 0 Å². The Morgan fingerprint density at radius 3 is 1.42 bits per heavy atom. The number of nitrogens with one attached hydrogen (secondary N) is 2. The molecule has 0 spiro atoms. The van der Waals surface area contributed by atoms with E-state index < -0.39 is 0 Å². The number of pyridine rings is 2. The molecule has 2 aromatic rings. The summed E-state index contributed by atoms with van der Waals surface area (Å²) in [4.78, 5) is 0. The van der Waals surface area contributed by atoms with Crippen LogP contribution in [-0.2, 0) is 13.1 Å². The highest BCUT2D eigenvalue weighted by atomic mass is 15.0. The minimum Gasteiger partial charge on any atom is -0.385 e. The summed E-state index contributed by atoms with van der Waals surface area (Å²) < 4.78 is 4.58. The fourth-order valence-electron chi connectivity index (χ4n) is 3.11. The highest BCUT2D eigenvalue weighted by Crippen LogP contribution is 2.07. The van der Waals surface area contributed by atoms with Crippen LogP contribution in [0.15, 0.2) is 49.1 Å². The summed E-state index contributed by atoms with van der Waals surface area (Å²) in [5.41, 5.74) is 2.46. The second kappa shape index (κ2) is 9.26. The molecule has 0 aromatic carbocycles. The van der Waals surface area contributed by atoms with Crippen LogP contribution >= 0.6 is 0 Å². The van der Waals surface area contributed by atoms with Crippen LogP contribution < -0.4 is 19.8 Å². The van der Waals surface area contributed by atoms with Crippen molar-refractivity contribution in [2.45, 2.75) is 51.6 Å². The van der Waals surface area contributed by atoms with Gasteiger partial charge in [-0.1, -0.05) is 0 Å². The number of aromatic nitrogens is 2. The van der Waals surface area contributed by atoms with Crippen molar-refractivity contribution in [1.82, 2.24) is 0 Å². The SMILES string of the molecule is c1c[n+]2ccc1NCCCCCNc1cc[n+](cc1)CCCCC2. The maximum absolute atomic E-state index is 3.52. The fourth-order valence-corrected chi connectivity index (χ4v) is 3.11. The molecular weight excluding hydrogens is 296 g/mol. The zero-order chi connectivity index (χ0) is 16.5. The molecular formula is C20H30N4+2. The molecule has 0 radical (unpaired) electrons. The van der Waals surface area contributed by atoms with Crippen LogP contribution in [0.3, 0.4) is 0 Å². The third kappa shape index (κ3) is 5.52. The molecule has 4 nitrogen and oxygen atoms in total. The molecule has 0 atom stereocenters. The molecule has 4 aliphatic rings. The number of aryl methyl sites for hydroxylation is 2. The maximum atomic E-state index is 3.52. The van der Waals surface area contributed by atoms with Crippen LogP contribution in [0, 0.1) is 0 Å². The summed E-state index contributed by atoms with van der Waals surface area (Å²) in [6, 6.07) is 8.76. The Bertz CT molecular complexity index is 539. The van der Waals surface area contributed by atoms with Crippen molar-refractivity contribution in [1.29, 1.82) is 0 Å². The Labute approximate surface area is 145 Å². The van der Waals surface area contributed by atoms with Crippen molar-refractivity contribution in [3.8, 4) is 0 Å². The van der Waals surface area contributed by atoms with Crippen LogP contribution in [0.4, 0.5) is 11.4 Å². The largest absolute Gasteiger partial charge is 0.385 e. The van der Waals surface area contributed by atoms with E-state index in [-0.39, 0.29) is 0 Å². The lowest BCUT2D eigenvalue weighted by molar-refractivity contribution is -0.701. The van der Waals surface area contributed by atoms with E-state index in [9.17, 15) is 0 Å². The zero-order valence-corrected chi connectivity index (χ0v) is 14.6. The lowest BCUT2D eigenvalue weighted by Crippen LogP contribution is -2.34. The predicted octanol–water partition coefficient (Wildman–Crippen LogP) is 3.14. The average Bonchev–Trinajstić information content (AvgIpc) is 2.62. The Kier molecular flexibility index (Phi) is 6.46. The first-order valence-electron chi connectivity index (χ1n) is 9.36. The molecule has 2 N–H and O–H groups in total. The van der Waals surface area contributed by atoms with Crippen LogP contribution in [-0.4, -0.2) is 13.1 Å². The summed E-state index contributed by atoms with van der Waals surface area (Å²) >= 11 is 0. The first-order chi connectivity index (χ1) is 11.9. The van der Waals surface area contributed by atoms with E-state index >= 15 is 0 Å². The summed E-state index contributed by atoms with van der Waals surface area (Å²) in [5.74, 6) is 0. The summed E-state index contributed by atoms with van der Waals surface area (Å²) in [6.07, 6.45) is 16.2.